The minimum absolute atomic E-state index is 0.0556. The van der Waals surface area contributed by atoms with Gasteiger partial charge in [-0.05, 0) is 12.1 Å². The van der Waals surface area contributed by atoms with Gasteiger partial charge >= 0.3 is 12.1 Å². The molecule has 3 nitrogen and oxygen atoms in total. The normalized spacial score (nSPS) is 11.2. The van der Waals surface area contributed by atoms with Gasteiger partial charge in [-0.1, -0.05) is 23.9 Å². The molecule has 0 fully saturated rings. The third kappa shape index (κ3) is 3.49. The lowest BCUT2D eigenvalue weighted by Gasteiger charge is -2.20. The highest BCUT2D eigenvalue weighted by molar-refractivity contribution is 8.13. The molecule has 1 aromatic carbocycles. The Bertz CT molecular complexity index is 474. The number of hydrogen-bond acceptors (Lipinski definition) is 3. The number of anilines is 1. The van der Waals surface area contributed by atoms with Crippen molar-refractivity contribution in [2.45, 2.75) is 18.0 Å². The van der Waals surface area contributed by atoms with E-state index in [0.29, 0.717) is 9.80 Å². The summed E-state index contributed by atoms with van der Waals surface area (Å²) in [5.41, 5.74) is 0.0556. The number of para-hydroxylation sites is 1. The third-order valence-electron chi connectivity index (χ3n) is 2.03. The van der Waals surface area contributed by atoms with Crippen LogP contribution in [0.1, 0.15) is 6.92 Å². The van der Waals surface area contributed by atoms with Gasteiger partial charge in [-0.2, -0.15) is 13.2 Å². The molecule has 0 N–H and O–H groups in total. The number of thioether (sulfide) groups is 1. The van der Waals surface area contributed by atoms with Crippen LogP contribution in [0, 0.1) is 0 Å². The number of halogens is 3. The first-order valence-electron chi connectivity index (χ1n) is 4.86. The highest BCUT2D eigenvalue weighted by Gasteiger charge is 2.42. The van der Waals surface area contributed by atoms with Crippen LogP contribution in [0.4, 0.5) is 18.9 Å². The Labute approximate surface area is 106 Å². The zero-order valence-electron chi connectivity index (χ0n) is 9.62. The van der Waals surface area contributed by atoms with Crippen LogP contribution in [-0.2, 0) is 9.59 Å². The number of carbonyl (C=O) groups excluding carboxylic acids is 2. The van der Waals surface area contributed by atoms with Crippen LogP contribution in [0.25, 0.3) is 0 Å². The average Bonchev–Trinajstić information content (AvgIpc) is 2.26. The van der Waals surface area contributed by atoms with Crippen molar-refractivity contribution in [2.24, 2.45) is 0 Å². The molecule has 0 saturated heterocycles. The molecule has 0 spiro atoms. The van der Waals surface area contributed by atoms with Crippen molar-refractivity contribution < 1.29 is 22.8 Å². The van der Waals surface area contributed by atoms with Crippen LogP contribution in [0.15, 0.2) is 29.2 Å². The summed E-state index contributed by atoms with van der Waals surface area (Å²) in [6.07, 6.45) is -4.94. The first-order chi connectivity index (χ1) is 8.23. The molecule has 98 valence electrons. The second-order valence-electron chi connectivity index (χ2n) is 3.42. The lowest BCUT2D eigenvalue weighted by Crippen LogP contribution is -2.38. The van der Waals surface area contributed by atoms with E-state index < -0.39 is 12.1 Å². The molecule has 0 radical (unpaired) electrons. The van der Waals surface area contributed by atoms with E-state index >= 15 is 0 Å². The van der Waals surface area contributed by atoms with Gasteiger partial charge in [-0.25, -0.2) is 0 Å². The van der Waals surface area contributed by atoms with Crippen LogP contribution in [-0.4, -0.2) is 24.2 Å². The standard InChI is InChI=1S/C11H10F3NO2S/c1-7(16)18-9-6-4-3-5-8(9)15(2)10(17)11(12,13)14/h3-6H,1-2H3. The van der Waals surface area contributed by atoms with Gasteiger partial charge in [0.05, 0.1) is 5.69 Å². The van der Waals surface area contributed by atoms with E-state index in [1.165, 1.54) is 25.1 Å². The molecule has 0 atom stereocenters. The Morgan fingerprint density at radius 3 is 2.28 bits per heavy atom. The summed E-state index contributed by atoms with van der Waals surface area (Å²) in [6.45, 7) is 1.30. The molecule has 1 rings (SSSR count). The van der Waals surface area contributed by atoms with Gasteiger partial charge in [0.2, 0.25) is 0 Å². The highest BCUT2D eigenvalue weighted by Crippen LogP contribution is 2.32. The summed E-state index contributed by atoms with van der Waals surface area (Å²) >= 11 is 0.781. The molecule has 1 aromatic rings. The predicted molar refractivity (Wildman–Crippen MR) is 62.4 cm³/mol. The molecular formula is C11H10F3NO2S. The maximum Gasteiger partial charge on any atom is 0.471 e. The summed E-state index contributed by atoms with van der Waals surface area (Å²) in [5.74, 6) is -1.97. The fraction of sp³-hybridized carbons (Fsp3) is 0.273. The minimum Gasteiger partial charge on any atom is -0.307 e. The molecule has 7 heteroatoms. The van der Waals surface area contributed by atoms with E-state index in [4.69, 9.17) is 0 Å². The number of carbonyl (C=O) groups is 2. The molecule has 1 amide bonds. The second-order valence-corrected chi connectivity index (χ2v) is 4.64. The maximum atomic E-state index is 12.3. The number of benzene rings is 1. The second kappa shape index (κ2) is 5.43. The topological polar surface area (TPSA) is 37.4 Å². The van der Waals surface area contributed by atoms with Crippen molar-refractivity contribution in [1.29, 1.82) is 0 Å². The molecule has 0 aliphatic rings. The third-order valence-corrected chi connectivity index (χ3v) is 2.88. The molecule has 18 heavy (non-hydrogen) atoms. The van der Waals surface area contributed by atoms with Gasteiger partial charge in [0.25, 0.3) is 0 Å². The SMILES string of the molecule is CC(=O)Sc1ccccc1N(C)C(=O)C(F)(F)F. The fourth-order valence-corrected chi connectivity index (χ4v) is 2.04. The molecule has 0 aromatic heterocycles. The Morgan fingerprint density at radius 2 is 1.78 bits per heavy atom. The largest absolute Gasteiger partial charge is 0.471 e. The zero-order chi connectivity index (χ0) is 13.9. The van der Waals surface area contributed by atoms with E-state index in [9.17, 15) is 22.8 Å². The summed E-state index contributed by atoms with van der Waals surface area (Å²) < 4.78 is 36.9. The van der Waals surface area contributed by atoms with E-state index in [0.717, 1.165) is 18.8 Å². The van der Waals surface area contributed by atoms with Crippen molar-refractivity contribution in [3.8, 4) is 0 Å². The Balaban J connectivity index is 3.09. The quantitative estimate of drug-likeness (QED) is 0.780. The van der Waals surface area contributed by atoms with E-state index in [2.05, 4.69) is 0 Å². The number of alkyl halides is 3. The van der Waals surface area contributed by atoms with Crippen LogP contribution < -0.4 is 4.90 Å². The summed E-state index contributed by atoms with van der Waals surface area (Å²) in [6, 6.07) is 5.93. The molecule has 0 aliphatic carbocycles. The fourth-order valence-electron chi connectivity index (χ4n) is 1.27. The van der Waals surface area contributed by atoms with Crippen molar-refractivity contribution in [1.82, 2.24) is 0 Å². The molecule has 0 heterocycles. The monoisotopic (exact) mass is 277 g/mol. The summed E-state index contributed by atoms with van der Waals surface area (Å²) in [7, 11) is 1.02. The van der Waals surface area contributed by atoms with Crippen LogP contribution in [0.3, 0.4) is 0 Å². The first-order valence-corrected chi connectivity index (χ1v) is 5.67. The Hall–Kier alpha value is -1.50. The lowest BCUT2D eigenvalue weighted by molar-refractivity contribution is -0.170. The molecule has 0 saturated carbocycles. The van der Waals surface area contributed by atoms with Gasteiger partial charge in [0.15, 0.2) is 5.12 Å². The van der Waals surface area contributed by atoms with Gasteiger partial charge in [0.1, 0.15) is 0 Å². The van der Waals surface area contributed by atoms with Gasteiger partial charge < -0.3 is 4.90 Å². The maximum absolute atomic E-state index is 12.3. The van der Waals surface area contributed by atoms with Gasteiger partial charge in [0, 0.05) is 18.9 Å². The summed E-state index contributed by atoms with van der Waals surface area (Å²) in [4.78, 5) is 22.9. The predicted octanol–water partition coefficient (Wildman–Crippen LogP) is 2.85. The highest BCUT2D eigenvalue weighted by atomic mass is 32.2. The van der Waals surface area contributed by atoms with Crippen molar-refractivity contribution >= 4 is 28.5 Å². The van der Waals surface area contributed by atoms with Crippen molar-refractivity contribution in [3.05, 3.63) is 24.3 Å². The van der Waals surface area contributed by atoms with E-state index in [-0.39, 0.29) is 10.8 Å². The van der Waals surface area contributed by atoms with E-state index in [1.54, 1.807) is 6.07 Å². The van der Waals surface area contributed by atoms with Crippen LogP contribution in [0.2, 0.25) is 0 Å². The average molecular weight is 277 g/mol. The lowest BCUT2D eigenvalue weighted by atomic mass is 10.3. The zero-order valence-corrected chi connectivity index (χ0v) is 10.4. The van der Waals surface area contributed by atoms with Crippen molar-refractivity contribution in [2.75, 3.05) is 11.9 Å². The van der Waals surface area contributed by atoms with Crippen LogP contribution >= 0.6 is 11.8 Å². The van der Waals surface area contributed by atoms with E-state index in [1.807, 2.05) is 0 Å². The molecule has 0 unspecified atom stereocenters. The van der Waals surface area contributed by atoms with Crippen LogP contribution in [0.5, 0.6) is 0 Å². The van der Waals surface area contributed by atoms with Crippen molar-refractivity contribution in [3.63, 3.8) is 0 Å². The first kappa shape index (κ1) is 14.6. The molecular weight excluding hydrogens is 267 g/mol. The number of hydrogen-bond donors (Lipinski definition) is 0. The summed E-state index contributed by atoms with van der Waals surface area (Å²) in [5, 5.41) is -0.268. The number of nitrogens with zero attached hydrogens (tertiary/aromatic N) is 1. The number of amides is 1. The Kier molecular flexibility index (Phi) is 4.39. The van der Waals surface area contributed by atoms with Gasteiger partial charge in [-0.3, -0.25) is 9.59 Å². The minimum atomic E-state index is -4.94. The van der Waals surface area contributed by atoms with Gasteiger partial charge in [-0.15, -0.1) is 0 Å². The number of rotatable bonds is 2. The molecule has 0 bridgehead atoms. The molecule has 0 aliphatic heterocycles. The smallest absolute Gasteiger partial charge is 0.307 e. The Morgan fingerprint density at radius 1 is 1.22 bits per heavy atom.